The van der Waals surface area contributed by atoms with Crippen molar-refractivity contribution in [3.05, 3.63) is 47.8 Å². The van der Waals surface area contributed by atoms with E-state index in [1.807, 2.05) is 31.4 Å². The molecule has 2 fully saturated rings. The maximum absolute atomic E-state index is 5.29. The van der Waals surface area contributed by atoms with E-state index in [9.17, 15) is 0 Å². The molecular weight excluding hydrogens is 324 g/mol. The molecule has 2 aliphatic rings. The number of nitrogens with zero attached hydrogens (tertiary/aromatic N) is 4. The average Bonchev–Trinajstić information content (AvgIpc) is 2.90. The molecule has 0 N–H and O–H groups in total. The zero-order valence-corrected chi connectivity index (χ0v) is 15.9. The van der Waals surface area contributed by atoms with E-state index in [0.717, 1.165) is 18.2 Å². The van der Waals surface area contributed by atoms with Crippen LogP contribution >= 0.6 is 0 Å². The topological polar surface area (TPSA) is 41.5 Å². The molecule has 2 saturated heterocycles. The van der Waals surface area contributed by atoms with Crippen LogP contribution in [0, 0.1) is 0 Å². The monoisotopic (exact) mass is 352 g/mol. The number of fused-ring (bicyclic) bond motifs is 2. The molecule has 3 heterocycles. The Morgan fingerprint density at radius 2 is 1.65 bits per heavy atom. The number of benzene rings is 1. The molecule has 0 spiro atoms. The summed E-state index contributed by atoms with van der Waals surface area (Å²) in [6, 6.07) is 10.0. The van der Waals surface area contributed by atoms with Crippen LogP contribution in [0.15, 0.2) is 36.7 Å². The number of methoxy groups -OCH3 is 1. The summed E-state index contributed by atoms with van der Waals surface area (Å²) in [5.41, 5.74) is 2.68. The zero-order valence-electron chi connectivity index (χ0n) is 15.9. The number of piperidine rings is 1. The third-order valence-corrected chi connectivity index (χ3v) is 5.93. The number of rotatable bonds is 5. The van der Waals surface area contributed by atoms with Gasteiger partial charge in [0.15, 0.2) is 0 Å². The first-order valence-electron chi connectivity index (χ1n) is 9.52. The molecule has 5 heteroatoms. The van der Waals surface area contributed by atoms with Gasteiger partial charge in [-0.2, -0.15) is 0 Å². The Hall–Kier alpha value is -2.14. The van der Waals surface area contributed by atoms with Crippen LogP contribution in [0.25, 0.3) is 0 Å². The van der Waals surface area contributed by atoms with E-state index < -0.39 is 0 Å². The van der Waals surface area contributed by atoms with Crippen molar-refractivity contribution in [1.29, 1.82) is 0 Å². The second kappa shape index (κ2) is 7.23. The highest BCUT2D eigenvalue weighted by Gasteiger charge is 2.40. The lowest BCUT2D eigenvalue weighted by atomic mass is 9.85. The lowest BCUT2D eigenvalue weighted by Gasteiger charge is -2.39. The van der Waals surface area contributed by atoms with Gasteiger partial charge in [0.2, 0.25) is 5.95 Å². The van der Waals surface area contributed by atoms with Gasteiger partial charge in [-0.1, -0.05) is 12.1 Å². The zero-order chi connectivity index (χ0) is 18.1. The Labute approximate surface area is 156 Å². The summed E-state index contributed by atoms with van der Waals surface area (Å²) in [5, 5.41) is 0. The second-order valence-corrected chi connectivity index (χ2v) is 7.78. The minimum Gasteiger partial charge on any atom is -0.497 e. The van der Waals surface area contributed by atoms with Crippen molar-refractivity contribution in [3.63, 3.8) is 0 Å². The van der Waals surface area contributed by atoms with Gasteiger partial charge in [0.05, 0.1) is 7.11 Å². The first-order valence-corrected chi connectivity index (χ1v) is 9.52. The van der Waals surface area contributed by atoms with Gasteiger partial charge < -0.3 is 9.64 Å². The van der Waals surface area contributed by atoms with Crippen LogP contribution in [0.3, 0.4) is 0 Å². The van der Waals surface area contributed by atoms with Gasteiger partial charge in [0, 0.05) is 50.7 Å². The van der Waals surface area contributed by atoms with E-state index in [1.165, 1.54) is 36.8 Å². The molecule has 5 nitrogen and oxygen atoms in total. The molecule has 2 bridgehead atoms. The fraction of sp³-hybridized carbons (Fsp3) is 0.524. The standard InChI is InChI=1S/C21H28N4O/c1-24(2)21-22-12-15(13-23-21)14-25-18-6-7-19(25)11-17(10-18)16-4-8-20(26-3)9-5-16/h4-5,8-9,12-13,17-19H,6-7,10-11,14H2,1-3H3/t17?,18-,19+. The first kappa shape index (κ1) is 17.3. The minimum absolute atomic E-state index is 0.669. The van der Waals surface area contributed by atoms with Gasteiger partial charge in [-0.05, 0) is 49.3 Å². The van der Waals surface area contributed by atoms with Crippen LogP contribution in [0.1, 0.15) is 42.7 Å². The first-order chi connectivity index (χ1) is 12.6. The van der Waals surface area contributed by atoms with Crippen molar-refractivity contribution in [3.8, 4) is 5.75 Å². The Bertz CT molecular complexity index is 715. The maximum atomic E-state index is 5.29. The number of ether oxygens (including phenoxy) is 1. The van der Waals surface area contributed by atoms with Crippen LogP contribution in [0.5, 0.6) is 5.75 Å². The average molecular weight is 352 g/mol. The molecule has 26 heavy (non-hydrogen) atoms. The summed E-state index contributed by atoms with van der Waals surface area (Å²) in [7, 11) is 5.67. The minimum atomic E-state index is 0.669. The van der Waals surface area contributed by atoms with Crippen LogP contribution in [-0.2, 0) is 6.54 Å². The second-order valence-electron chi connectivity index (χ2n) is 7.78. The summed E-state index contributed by atoms with van der Waals surface area (Å²) in [6.07, 6.45) is 9.09. The molecule has 2 aromatic rings. The molecule has 1 unspecified atom stereocenters. The molecule has 4 rings (SSSR count). The molecule has 138 valence electrons. The molecule has 0 amide bonds. The molecule has 3 atom stereocenters. The summed E-state index contributed by atoms with van der Waals surface area (Å²) in [5.74, 6) is 2.38. The third kappa shape index (κ3) is 3.40. The highest BCUT2D eigenvalue weighted by molar-refractivity contribution is 5.30. The largest absolute Gasteiger partial charge is 0.497 e. The predicted molar refractivity (Wildman–Crippen MR) is 104 cm³/mol. The van der Waals surface area contributed by atoms with E-state index in [-0.39, 0.29) is 0 Å². The van der Waals surface area contributed by atoms with Crippen LogP contribution in [0.4, 0.5) is 5.95 Å². The molecule has 0 aliphatic carbocycles. The van der Waals surface area contributed by atoms with E-state index >= 15 is 0 Å². The van der Waals surface area contributed by atoms with Crippen molar-refractivity contribution in [1.82, 2.24) is 14.9 Å². The Kier molecular flexibility index (Phi) is 4.81. The van der Waals surface area contributed by atoms with E-state index in [4.69, 9.17) is 4.74 Å². The van der Waals surface area contributed by atoms with Gasteiger partial charge in [0.1, 0.15) is 5.75 Å². The molecular formula is C21H28N4O. The summed E-state index contributed by atoms with van der Waals surface area (Å²) >= 11 is 0. The van der Waals surface area contributed by atoms with Gasteiger partial charge >= 0.3 is 0 Å². The fourth-order valence-electron chi connectivity index (χ4n) is 4.55. The lowest BCUT2D eigenvalue weighted by Crippen LogP contribution is -2.41. The number of aromatic nitrogens is 2. The van der Waals surface area contributed by atoms with Crippen LogP contribution in [-0.4, -0.2) is 48.2 Å². The van der Waals surface area contributed by atoms with E-state index in [1.54, 1.807) is 7.11 Å². The van der Waals surface area contributed by atoms with Crippen LogP contribution in [0.2, 0.25) is 0 Å². The predicted octanol–water partition coefficient (Wildman–Crippen LogP) is 3.46. The fourth-order valence-corrected chi connectivity index (χ4v) is 4.55. The molecule has 0 radical (unpaired) electrons. The number of hydrogen-bond donors (Lipinski definition) is 0. The number of hydrogen-bond acceptors (Lipinski definition) is 5. The van der Waals surface area contributed by atoms with Crippen molar-refractivity contribution >= 4 is 5.95 Å². The molecule has 1 aromatic carbocycles. The van der Waals surface area contributed by atoms with Crippen molar-refractivity contribution < 1.29 is 4.74 Å². The number of anilines is 1. The van der Waals surface area contributed by atoms with Gasteiger partial charge in [-0.3, -0.25) is 4.90 Å². The summed E-state index contributed by atoms with van der Waals surface area (Å²) in [6.45, 7) is 0.971. The van der Waals surface area contributed by atoms with Gasteiger partial charge in [-0.15, -0.1) is 0 Å². The quantitative estimate of drug-likeness (QED) is 0.824. The molecule has 0 saturated carbocycles. The Morgan fingerprint density at radius 1 is 1.04 bits per heavy atom. The van der Waals surface area contributed by atoms with Crippen molar-refractivity contribution in [2.75, 3.05) is 26.1 Å². The molecule has 2 aliphatic heterocycles. The highest BCUT2D eigenvalue weighted by atomic mass is 16.5. The van der Waals surface area contributed by atoms with Crippen molar-refractivity contribution in [2.45, 2.75) is 50.2 Å². The van der Waals surface area contributed by atoms with Crippen molar-refractivity contribution in [2.24, 2.45) is 0 Å². The van der Waals surface area contributed by atoms with E-state index in [2.05, 4.69) is 39.1 Å². The molecule has 1 aromatic heterocycles. The van der Waals surface area contributed by atoms with Gasteiger partial charge in [-0.25, -0.2) is 9.97 Å². The summed E-state index contributed by atoms with van der Waals surface area (Å²) < 4.78 is 5.29. The Morgan fingerprint density at radius 3 is 2.19 bits per heavy atom. The summed E-state index contributed by atoms with van der Waals surface area (Å²) in [4.78, 5) is 13.6. The maximum Gasteiger partial charge on any atom is 0.224 e. The SMILES string of the molecule is COc1ccc(C2C[C@H]3CC[C@@H](C2)N3Cc2cnc(N(C)C)nc2)cc1. The normalized spacial score (nSPS) is 25.3. The lowest BCUT2D eigenvalue weighted by molar-refractivity contribution is 0.118. The Balaban J connectivity index is 1.43. The highest BCUT2D eigenvalue weighted by Crippen LogP contribution is 2.43. The van der Waals surface area contributed by atoms with Gasteiger partial charge in [0.25, 0.3) is 0 Å². The third-order valence-electron chi connectivity index (χ3n) is 5.93. The van der Waals surface area contributed by atoms with E-state index in [0.29, 0.717) is 18.0 Å². The smallest absolute Gasteiger partial charge is 0.224 e. The van der Waals surface area contributed by atoms with Crippen LogP contribution < -0.4 is 9.64 Å².